The zero-order valence-electron chi connectivity index (χ0n) is 25.7. The van der Waals surface area contributed by atoms with E-state index in [1.54, 1.807) is 26.6 Å². The highest BCUT2D eigenvalue weighted by Crippen LogP contribution is 2.39. The molecular formula is C33H44N6O4. The lowest BCUT2D eigenvalue weighted by Gasteiger charge is -2.26. The largest absolute Gasteiger partial charge is 0.496 e. The summed E-state index contributed by atoms with van der Waals surface area (Å²) in [5, 5.41) is 18.5. The number of aromatic nitrogens is 1. The van der Waals surface area contributed by atoms with E-state index in [4.69, 9.17) is 15.3 Å². The van der Waals surface area contributed by atoms with Gasteiger partial charge in [0, 0.05) is 80.6 Å². The van der Waals surface area contributed by atoms with Crippen LogP contribution in [0.5, 0.6) is 5.75 Å². The van der Waals surface area contributed by atoms with Gasteiger partial charge in [0.25, 0.3) is 5.91 Å². The average molecular weight is 589 g/mol. The van der Waals surface area contributed by atoms with Gasteiger partial charge in [0.15, 0.2) is 0 Å². The van der Waals surface area contributed by atoms with Crippen molar-refractivity contribution in [2.75, 3.05) is 46.3 Å². The van der Waals surface area contributed by atoms with Gasteiger partial charge in [-0.05, 0) is 47.9 Å². The minimum Gasteiger partial charge on any atom is -0.496 e. The first-order chi connectivity index (χ1) is 20.8. The lowest BCUT2D eigenvalue weighted by atomic mass is 9.92. The predicted molar refractivity (Wildman–Crippen MR) is 169 cm³/mol. The Morgan fingerprint density at radius 2 is 1.98 bits per heavy atom. The number of carbonyl (C=O) groups is 1. The van der Waals surface area contributed by atoms with Gasteiger partial charge in [-0.3, -0.25) is 14.6 Å². The average Bonchev–Trinajstić information content (AvgIpc) is 3.37. The van der Waals surface area contributed by atoms with Crippen LogP contribution in [0.3, 0.4) is 0 Å². The van der Waals surface area contributed by atoms with Crippen LogP contribution in [0.4, 0.5) is 5.69 Å². The number of benzene rings is 2. The standard InChI is InChI=1S/C33H44N6O4/c1-6-8-29(34)31-28(21-40)30(19-37-18-22-11-13-36-14-12-22)43-39(31)20-23-9-7-10-27(32(23)42-5)24-15-25(33(41)35-2)17-26(16-24)38(3)4/h7-17,28,30-31,37,40H,6,18-21,34H2,1-5H3,(H,35,41)/b29-8-. The smallest absolute Gasteiger partial charge is 0.251 e. The Labute approximate surface area is 254 Å². The molecular weight excluding hydrogens is 544 g/mol. The van der Waals surface area contributed by atoms with Gasteiger partial charge in [0.05, 0.1) is 32.4 Å². The van der Waals surface area contributed by atoms with Crippen LogP contribution in [0.1, 0.15) is 34.8 Å². The van der Waals surface area contributed by atoms with Gasteiger partial charge >= 0.3 is 0 Å². The fourth-order valence-electron chi connectivity index (χ4n) is 5.55. The van der Waals surface area contributed by atoms with E-state index in [9.17, 15) is 9.90 Å². The number of rotatable bonds is 13. The number of aliphatic hydroxyl groups is 1. The van der Waals surface area contributed by atoms with E-state index in [0.717, 1.165) is 34.4 Å². The molecule has 5 N–H and O–H groups in total. The van der Waals surface area contributed by atoms with Crippen LogP contribution in [0.15, 0.2) is 72.7 Å². The molecule has 2 aromatic carbocycles. The van der Waals surface area contributed by atoms with Crippen molar-refractivity contribution in [3.63, 3.8) is 0 Å². The van der Waals surface area contributed by atoms with Crippen molar-refractivity contribution in [1.29, 1.82) is 0 Å². The molecule has 1 fully saturated rings. The molecule has 1 aliphatic rings. The maximum absolute atomic E-state index is 12.6. The third-order valence-electron chi connectivity index (χ3n) is 7.74. The predicted octanol–water partition coefficient (Wildman–Crippen LogP) is 3.32. The molecule has 2 heterocycles. The highest BCUT2D eigenvalue weighted by molar-refractivity contribution is 5.97. The fraction of sp³-hybridized carbons (Fsp3) is 0.394. The summed E-state index contributed by atoms with van der Waals surface area (Å²) in [6.45, 7) is 3.54. The molecule has 43 heavy (non-hydrogen) atoms. The third-order valence-corrected chi connectivity index (χ3v) is 7.74. The van der Waals surface area contributed by atoms with E-state index >= 15 is 0 Å². The molecule has 1 amide bonds. The monoisotopic (exact) mass is 588 g/mol. The molecule has 1 aromatic heterocycles. The molecule has 1 aliphatic heterocycles. The molecule has 10 heteroatoms. The van der Waals surface area contributed by atoms with Gasteiger partial charge in [-0.1, -0.05) is 31.2 Å². The van der Waals surface area contributed by atoms with E-state index in [2.05, 4.69) is 15.6 Å². The van der Waals surface area contributed by atoms with E-state index in [1.165, 1.54) is 0 Å². The van der Waals surface area contributed by atoms with Gasteiger partial charge in [0.1, 0.15) is 5.75 Å². The van der Waals surface area contributed by atoms with E-state index in [-0.39, 0.29) is 30.6 Å². The topological polar surface area (TPSA) is 125 Å². The van der Waals surface area contributed by atoms with E-state index in [0.29, 0.717) is 36.6 Å². The van der Waals surface area contributed by atoms with Crippen LogP contribution in [0.2, 0.25) is 0 Å². The zero-order valence-corrected chi connectivity index (χ0v) is 25.7. The molecule has 0 bridgehead atoms. The maximum atomic E-state index is 12.6. The number of ether oxygens (including phenoxy) is 1. The van der Waals surface area contributed by atoms with Crippen LogP contribution in [-0.4, -0.2) is 74.6 Å². The first kappa shape index (κ1) is 32.0. The van der Waals surface area contributed by atoms with Gasteiger partial charge < -0.3 is 31.1 Å². The second-order valence-electron chi connectivity index (χ2n) is 10.8. The number of nitrogens with two attached hydrogens (primary N) is 1. The lowest BCUT2D eigenvalue weighted by Crippen LogP contribution is -2.39. The Hall–Kier alpha value is -3.96. The zero-order chi connectivity index (χ0) is 30.9. The van der Waals surface area contributed by atoms with E-state index in [1.807, 2.05) is 85.6 Å². The fourth-order valence-corrected chi connectivity index (χ4v) is 5.55. The third kappa shape index (κ3) is 7.52. The number of amides is 1. The van der Waals surface area contributed by atoms with Crippen LogP contribution in [-0.2, 0) is 17.9 Å². The first-order valence-electron chi connectivity index (χ1n) is 14.6. The van der Waals surface area contributed by atoms with Crippen molar-refractivity contribution in [1.82, 2.24) is 20.7 Å². The number of carbonyl (C=O) groups excluding carboxylic acids is 1. The number of methoxy groups -OCH3 is 1. The lowest BCUT2D eigenvalue weighted by molar-refractivity contribution is -0.164. The molecule has 4 rings (SSSR count). The molecule has 0 spiro atoms. The molecule has 0 saturated carbocycles. The Balaban J connectivity index is 1.65. The Kier molecular flexibility index (Phi) is 11.1. The Morgan fingerprint density at radius 1 is 1.21 bits per heavy atom. The number of nitrogens with zero attached hydrogens (tertiary/aromatic N) is 3. The van der Waals surface area contributed by atoms with Crippen molar-refractivity contribution >= 4 is 11.6 Å². The quantitative estimate of drug-likeness (QED) is 0.238. The number of aliphatic hydroxyl groups excluding tert-OH is 1. The number of allylic oxidation sites excluding steroid dienone is 1. The number of para-hydroxylation sites is 1. The SMILES string of the molecule is CC/C=C(\N)C1C(CO)C(CNCc2ccncc2)ON1Cc1cccc(-c2cc(C(=O)NC)cc(N(C)C)c2)c1OC. The molecule has 230 valence electrons. The Morgan fingerprint density at radius 3 is 2.63 bits per heavy atom. The highest BCUT2D eigenvalue weighted by atomic mass is 16.7. The summed E-state index contributed by atoms with van der Waals surface area (Å²) in [6.07, 6.45) is 6.00. The maximum Gasteiger partial charge on any atom is 0.251 e. The summed E-state index contributed by atoms with van der Waals surface area (Å²) in [6, 6.07) is 15.4. The van der Waals surface area contributed by atoms with Crippen molar-refractivity contribution in [2.45, 2.75) is 38.6 Å². The number of hydrogen-bond acceptors (Lipinski definition) is 9. The number of pyridine rings is 1. The van der Waals surface area contributed by atoms with Crippen LogP contribution < -0.4 is 26.0 Å². The summed E-state index contributed by atoms with van der Waals surface area (Å²) in [4.78, 5) is 25.1. The number of anilines is 1. The van der Waals surface area contributed by atoms with Crippen molar-refractivity contribution < 1.29 is 19.5 Å². The molecule has 1 saturated heterocycles. The highest BCUT2D eigenvalue weighted by Gasteiger charge is 2.44. The van der Waals surface area contributed by atoms with Gasteiger partial charge in [-0.15, -0.1) is 0 Å². The van der Waals surface area contributed by atoms with Crippen LogP contribution in [0.25, 0.3) is 11.1 Å². The first-order valence-corrected chi connectivity index (χ1v) is 14.6. The number of hydrogen-bond donors (Lipinski definition) is 4. The Bertz CT molecular complexity index is 1400. The molecule has 3 unspecified atom stereocenters. The number of hydroxylamine groups is 2. The second kappa shape index (κ2) is 15.0. The minimum atomic E-state index is -0.317. The minimum absolute atomic E-state index is 0.0716. The van der Waals surface area contributed by atoms with E-state index < -0.39 is 0 Å². The molecule has 3 aromatic rings. The summed E-state index contributed by atoms with van der Waals surface area (Å²) >= 11 is 0. The van der Waals surface area contributed by atoms with Crippen molar-refractivity contribution in [2.24, 2.45) is 11.7 Å². The van der Waals surface area contributed by atoms with Gasteiger partial charge in [-0.25, -0.2) is 0 Å². The number of nitrogens with one attached hydrogen (secondary N) is 2. The molecule has 0 aliphatic carbocycles. The summed E-state index contributed by atoms with van der Waals surface area (Å²) in [5.41, 5.74) is 12.5. The normalized spacial score (nSPS) is 18.9. The van der Waals surface area contributed by atoms with Gasteiger partial charge in [-0.2, -0.15) is 5.06 Å². The molecule has 3 atom stereocenters. The second-order valence-corrected chi connectivity index (χ2v) is 10.8. The molecule has 0 radical (unpaired) electrons. The molecule has 10 nitrogen and oxygen atoms in total. The van der Waals surface area contributed by atoms with Crippen molar-refractivity contribution in [3.8, 4) is 16.9 Å². The van der Waals surface area contributed by atoms with Crippen LogP contribution >= 0.6 is 0 Å². The van der Waals surface area contributed by atoms with Crippen LogP contribution in [0, 0.1) is 5.92 Å². The van der Waals surface area contributed by atoms with Gasteiger partial charge in [0.2, 0.25) is 0 Å². The summed E-state index contributed by atoms with van der Waals surface area (Å²) < 4.78 is 6.00. The summed E-state index contributed by atoms with van der Waals surface area (Å²) in [5.74, 6) is 0.292. The van der Waals surface area contributed by atoms with Crippen molar-refractivity contribution in [3.05, 3.63) is 89.4 Å². The summed E-state index contributed by atoms with van der Waals surface area (Å²) in [7, 11) is 7.16.